The van der Waals surface area contributed by atoms with Crippen LogP contribution in [0.25, 0.3) is 0 Å². The van der Waals surface area contributed by atoms with E-state index in [-0.39, 0.29) is 19.0 Å². The van der Waals surface area contributed by atoms with Gasteiger partial charge in [-0.2, -0.15) is 0 Å². The first-order valence-corrected chi connectivity index (χ1v) is 8.95. The molecule has 0 aromatic heterocycles. The van der Waals surface area contributed by atoms with Crippen LogP contribution in [-0.2, 0) is 19.0 Å². The number of hydrogen-bond donors (Lipinski definition) is 1. The standard InChI is InChI=1S/C19H32N2O6/c1-13-10-9-11-19(14(22)25-8,20-15(23)26-17(2,3)4)12-21(13)16(24)27-18(5,6)7/h9-10,13H,11-12H2,1-8H3,(H,20,23)/t13-,19-/m0/s1. The number of carbonyl (C=O) groups is 3. The highest BCUT2D eigenvalue weighted by Crippen LogP contribution is 2.24. The molecule has 1 rings (SSSR count). The van der Waals surface area contributed by atoms with Crippen LogP contribution in [0.4, 0.5) is 9.59 Å². The number of ether oxygens (including phenoxy) is 3. The predicted molar refractivity (Wildman–Crippen MR) is 100 cm³/mol. The Morgan fingerprint density at radius 3 is 2.11 bits per heavy atom. The molecule has 0 spiro atoms. The third kappa shape index (κ3) is 6.77. The minimum absolute atomic E-state index is 0.109. The molecule has 8 nitrogen and oxygen atoms in total. The second-order valence-electron chi connectivity index (χ2n) is 8.68. The highest BCUT2D eigenvalue weighted by atomic mass is 16.6. The number of amides is 2. The van der Waals surface area contributed by atoms with E-state index in [0.717, 1.165) is 0 Å². The molecule has 8 heteroatoms. The van der Waals surface area contributed by atoms with Crippen LogP contribution in [0.1, 0.15) is 54.9 Å². The van der Waals surface area contributed by atoms with E-state index in [1.54, 1.807) is 60.6 Å². The van der Waals surface area contributed by atoms with E-state index >= 15 is 0 Å². The topological polar surface area (TPSA) is 94.2 Å². The average molecular weight is 384 g/mol. The lowest BCUT2D eigenvalue weighted by Crippen LogP contribution is -2.62. The highest BCUT2D eigenvalue weighted by Gasteiger charge is 2.46. The molecule has 0 unspecified atom stereocenters. The Morgan fingerprint density at radius 2 is 1.63 bits per heavy atom. The largest absolute Gasteiger partial charge is 0.467 e. The van der Waals surface area contributed by atoms with Crippen molar-refractivity contribution >= 4 is 18.2 Å². The van der Waals surface area contributed by atoms with Crippen molar-refractivity contribution in [1.82, 2.24) is 10.2 Å². The van der Waals surface area contributed by atoms with Gasteiger partial charge in [-0.1, -0.05) is 12.2 Å². The monoisotopic (exact) mass is 384 g/mol. The van der Waals surface area contributed by atoms with Gasteiger partial charge < -0.3 is 19.5 Å². The number of alkyl carbamates (subject to hydrolysis) is 1. The zero-order chi connectivity index (χ0) is 21.0. The molecule has 0 bridgehead atoms. The minimum atomic E-state index is -1.48. The molecule has 0 radical (unpaired) electrons. The number of methoxy groups -OCH3 is 1. The van der Waals surface area contributed by atoms with Gasteiger partial charge in [-0.05, 0) is 48.5 Å². The first-order valence-electron chi connectivity index (χ1n) is 8.95. The summed E-state index contributed by atoms with van der Waals surface area (Å²) in [7, 11) is 1.23. The zero-order valence-electron chi connectivity index (χ0n) is 17.5. The minimum Gasteiger partial charge on any atom is -0.467 e. The van der Waals surface area contributed by atoms with Gasteiger partial charge in [0.25, 0.3) is 0 Å². The average Bonchev–Trinajstić information content (AvgIpc) is 2.63. The van der Waals surface area contributed by atoms with Gasteiger partial charge in [-0.25, -0.2) is 14.4 Å². The first kappa shape index (κ1) is 22.8. The van der Waals surface area contributed by atoms with E-state index in [0.29, 0.717) is 0 Å². The molecular weight excluding hydrogens is 352 g/mol. The fraction of sp³-hybridized carbons (Fsp3) is 0.737. The summed E-state index contributed by atoms with van der Waals surface area (Å²) >= 11 is 0. The smallest absolute Gasteiger partial charge is 0.410 e. The lowest BCUT2D eigenvalue weighted by molar-refractivity contribution is -0.149. The Kier molecular flexibility index (Phi) is 6.91. The van der Waals surface area contributed by atoms with Crippen LogP contribution in [0.15, 0.2) is 12.2 Å². The maximum absolute atomic E-state index is 12.7. The van der Waals surface area contributed by atoms with Crippen LogP contribution in [0.3, 0.4) is 0 Å². The molecule has 2 amide bonds. The van der Waals surface area contributed by atoms with Gasteiger partial charge >= 0.3 is 18.2 Å². The van der Waals surface area contributed by atoms with Gasteiger partial charge in [0.15, 0.2) is 5.54 Å². The van der Waals surface area contributed by atoms with Crippen molar-refractivity contribution in [3.05, 3.63) is 12.2 Å². The molecule has 0 saturated carbocycles. The molecule has 1 heterocycles. The Morgan fingerprint density at radius 1 is 1.07 bits per heavy atom. The summed E-state index contributed by atoms with van der Waals surface area (Å²) in [5.74, 6) is -0.666. The number of esters is 1. The third-order valence-corrected chi connectivity index (χ3v) is 3.76. The lowest BCUT2D eigenvalue weighted by atomic mass is 9.95. The number of carbonyl (C=O) groups excluding carboxylic acids is 3. The van der Waals surface area contributed by atoms with E-state index in [2.05, 4.69) is 5.32 Å². The molecule has 1 N–H and O–H groups in total. The van der Waals surface area contributed by atoms with Crippen LogP contribution < -0.4 is 5.32 Å². The molecule has 1 aliphatic rings. The van der Waals surface area contributed by atoms with Crippen molar-refractivity contribution < 1.29 is 28.6 Å². The van der Waals surface area contributed by atoms with Gasteiger partial charge in [-0.3, -0.25) is 4.90 Å². The van der Waals surface area contributed by atoms with E-state index in [9.17, 15) is 14.4 Å². The Hall–Kier alpha value is -2.25. The molecule has 0 aliphatic carbocycles. The summed E-state index contributed by atoms with van der Waals surface area (Å²) in [6.07, 6.45) is 2.33. The molecule has 0 saturated heterocycles. The summed E-state index contributed by atoms with van der Waals surface area (Å²) in [5, 5.41) is 2.61. The molecule has 0 aromatic rings. The van der Waals surface area contributed by atoms with E-state index in [1.165, 1.54) is 12.0 Å². The van der Waals surface area contributed by atoms with E-state index < -0.39 is 34.9 Å². The second kappa shape index (κ2) is 8.19. The van der Waals surface area contributed by atoms with Crippen molar-refractivity contribution in [3.8, 4) is 0 Å². The quantitative estimate of drug-likeness (QED) is 0.447. The van der Waals surface area contributed by atoms with E-state index in [1.807, 2.05) is 0 Å². The molecule has 0 fully saturated rings. The summed E-state index contributed by atoms with van der Waals surface area (Å²) in [4.78, 5) is 39.0. The van der Waals surface area contributed by atoms with Crippen LogP contribution in [-0.4, -0.2) is 59.5 Å². The summed E-state index contributed by atoms with van der Waals surface area (Å²) in [6.45, 7) is 12.1. The second-order valence-corrected chi connectivity index (χ2v) is 8.68. The van der Waals surface area contributed by atoms with Crippen molar-refractivity contribution in [2.75, 3.05) is 13.7 Å². The van der Waals surface area contributed by atoms with Crippen LogP contribution in [0.5, 0.6) is 0 Å². The Labute approximate surface area is 161 Å². The van der Waals surface area contributed by atoms with Gasteiger partial charge in [-0.15, -0.1) is 0 Å². The lowest BCUT2D eigenvalue weighted by Gasteiger charge is -2.37. The third-order valence-electron chi connectivity index (χ3n) is 3.76. The van der Waals surface area contributed by atoms with Crippen LogP contribution >= 0.6 is 0 Å². The fourth-order valence-corrected chi connectivity index (χ4v) is 2.60. The Balaban J connectivity index is 3.18. The normalized spacial score (nSPS) is 23.3. The number of hydrogen-bond acceptors (Lipinski definition) is 6. The Bertz CT molecular complexity index is 602. The SMILES string of the molecule is COC(=O)[C@]1(NC(=O)OC(C)(C)C)CC=C[C@H](C)N(C(=O)OC(C)(C)C)C1. The van der Waals surface area contributed by atoms with Crippen molar-refractivity contribution in [3.63, 3.8) is 0 Å². The maximum Gasteiger partial charge on any atom is 0.410 e. The molecule has 27 heavy (non-hydrogen) atoms. The maximum atomic E-state index is 12.7. The van der Waals surface area contributed by atoms with Gasteiger partial charge in [0, 0.05) is 6.42 Å². The van der Waals surface area contributed by atoms with Gasteiger partial charge in [0.1, 0.15) is 11.2 Å². The molecule has 0 aromatic carbocycles. The van der Waals surface area contributed by atoms with Gasteiger partial charge in [0.05, 0.1) is 19.7 Å². The molecule has 2 atom stereocenters. The first-order chi connectivity index (χ1) is 12.2. The molecular formula is C19H32N2O6. The summed E-state index contributed by atoms with van der Waals surface area (Å²) < 4.78 is 15.7. The van der Waals surface area contributed by atoms with Crippen molar-refractivity contribution in [1.29, 1.82) is 0 Å². The van der Waals surface area contributed by atoms with E-state index in [4.69, 9.17) is 14.2 Å². The van der Waals surface area contributed by atoms with Crippen molar-refractivity contribution in [2.45, 2.75) is 77.7 Å². The van der Waals surface area contributed by atoms with Crippen LogP contribution in [0.2, 0.25) is 0 Å². The number of nitrogens with zero attached hydrogens (tertiary/aromatic N) is 1. The molecule has 154 valence electrons. The summed E-state index contributed by atoms with van der Waals surface area (Å²) in [5.41, 5.74) is -2.91. The predicted octanol–water partition coefficient (Wildman–Crippen LogP) is 3.01. The summed E-state index contributed by atoms with van der Waals surface area (Å²) in [6, 6.07) is -0.327. The number of rotatable bonds is 2. The zero-order valence-corrected chi connectivity index (χ0v) is 17.5. The van der Waals surface area contributed by atoms with Crippen LogP contribution in [0, 0.1) is 0 Å². The molecule has 1 aliphatic heterocycles. The highest BCUT2D eigenvalue weighted by molar-refractivity contribution is 5.87. The number of nitrogens with one attached hydrogen (secondary N) is 1. The fourth-order valence-electron chi connectivity index (χ4n) is 2.60. The van der Waals surface area contributed by atoms with Crippen molar-refractivity contribution in [2.24, 2.45) is 0 Å². The van der Waals surface area contributed by atoms with Gasteiger partial charge in [0.2, 0.25) is 0 Å².